The van der Waals surface area contributed by atoms with Crippen molar-refractivity contribution < 1.29 is 19.4 Å². The summed E-state index contributed by atoms with van der Waals surface area (Å²) in [5.74, 6) is -0.443. The van der Waals surface area contributed by atoms with E-state index in [-0.39, 0.29) is 11.6 Å². The van der Waals surface area contributed by atoms with Gasteiger partial charge in [0.1, 0.15) is 0 Å². The van der Waals surface area contributed by atoms with E-state index >= 15 is 0 Å². The molecule has 25 heavy (non-hydrogen) atoms. The minimum Gasteiger partial charge on any atom is -0.414 e. The van der Waals surface area contributed by atoms with Crippen LogP contribution in [0.4, 0.5) is 0 Å². The van der Waals surface area contributed by atoms with Crippen molar-refractivity contribution in [2.75, 3.05) is 13.2 Å². The van der Waals surface area contributed by atoms with Crippen LogP contribution in [-0.2, 0) is 9.16 Å². The molecule has 6 heteroatoms. The molecular formula is C19H33NO4Si. The SMILES string of the molecule is CC(C)(C)[Si](C)(C)OC[C@H]1O[C@@H](c2ccccc2)[C@@H](CO)[C@@H](O)[C@H]1N. The third-order valence-corrected chi connectivity index (χ3v) is 10.2. The van der Waals surface area contributed by atoms with Crippen LogP contribution in [0.5, 0.6) is 0 Å². The molecule has 0 unspecified atom stereocenters. The van der Waals surface area contributed by atoms with E-state index in [1.165, 1.54) is 0 Å². The molecule has 0 aliphatic carbocycles. The zero-order valence-corrected chi connectivity index (χ0v) is 17.0. The Kier molecular flexibility index (Phi) is 6.46. The molecule has 0 bridgehead atoms. The first-order valence-electron chi connectivity index (χ1n) is 8.97. The number of hydrogen-bond acceptors (Lipinski definition) is 5. The lowest BCUT2D eigenvalue weighted by molar-refractivity contribution is -0.169. The van der Waals surface area contributed by atoms with E-state index in [1.54, 1.807) is 0 Å². The monoisotopic (exact) mass is 367 g/mol. The third kappa shape index (κ3) is 4.50. The fraction of sp³-hybridized carbons (Fsp3) is 0.684. The average Bonchev–Trinajstić information content (AvgIpc) is 2.55. The Bertz CT molecular complexity index is 546. The summed E-state index contributed by atoms with van der Waals surface area (Å²) in [6, 6.07) is 9.10. The molecule has 0 spiro atoms. The van der Waals surface area contributed by atoms with Crippen molar-refractivity contribution in [2.45, 2.75) is 63.3 Å². The lowest BCUT2D eigenvalue weighted by atomic mass is 9.83. The summed E-state index contributed by atoms with van der Waals surface area (Å²) in [6.07, 6.45) is -1.64. The second kappa shape index (κ2) is 7.86. The van der Waals surface area contributed by atoms with Gasteiger partial charge in [0.25, 0.3) is 0 Å². The number of nitrogens with two attached hydrogens (primary N) is 1. The molecule has 1 aromatic carbocycles. The summed E-state index contributed by atoms with van der Waals surface area (Å²) in [5.41, 5.74) is 7.15. The lowest BCUT2D eigenvalue weighted by Crippen LogP contribution is -2.59. The molecule has 5 atom stereocenters. The van der Waals surface area contributed by atoms with Crippen molar-refractivity contribution >= 4 is 8.32 Å². The number of aliphatic hydroxyl groups excluding tert-OH is 2. The number of benzene rings is 1. The molecular weight excluding hydrogens is 334 g/mol. The second-order valence-corrected chi connectivity index (χ2v) is 13.3. The summed E-state index contributed by atoms with van der Waals surface area (Å²) in [4.78, 5) is 0. The van der Waals surface area contributed by atoms with Crippen LogP contribution in [0.1, 0.15) is 32.4 Å². The standard InChI is InChI=1S/C19H33NO4Si/c1-19(2,3)25(4,5)23-12-15-16(20)17(22)14(11-21)18(24-15)13-9-7-6-8-10-13/h6-10,14-18,21-22H,11-12,20H2,1-5H3/t14-,15+,16-,17+,18-/m0/s1. The average molecular weight is 368 g/mol. The van der Waals surface area contributed by atoms with Crippen molar-refractivity contribution in [1.82, 2.24) is 0 Å². The number of ether oxygens (including phenoxy) is 1. The van der Waals surface area contributed by atoms with Gasteiger partial charge in [-0.25, -0.2) is 0 Å². The van der Waals surface area contributed by atoms with Crippen LogP contribution in [0, 0.1) is 5.92 Å². The molecule has 0 radical (unpaired) electrons. The molecule has 1 aliphatic rings. The van der Waals surface area contributed by atoms with E-state index in [2.05, 4.69) is 33.9 Å². The van der Waals surface area contributed by atoms with E-state index in [1.807, 2.05) is 30.3 Å². The topological polar surface area (TPSA) is 84.9 Å². The van der Waals surface area contributed by atoms with Gasteiger partial charge in [-0.05, 0) is 23.7 Å². The van der Waals surface area contributed by atoms with E-state index in [0.717, 1.165) is 5.56 Å². The fourth-order valence-electron chi connectivity index (χ4n) is 2.89. The van der Waals surface area contributed by atoms with Crippen LogP contribution in [0.15, 0.2) is 30.3 Å². The maximum absolute atomic E-state index is 10.6. The summed E-state index contributed by atoms with van der Waals surface area (Å²) < 4.78 is 12.5. The van der Waals surface area contributed by atoms with Gasteiger partial charge in [0.05, 0.1) is 37.6 Å². The van der Waals surface area contributed by atoms with Crippen molar-refractivity contribution in [2.24, 2.45) is 11.7 Å². The predicted octanol–water partition coefficient (Wildman–Crippen LogP) is 2.44. The lowest BCUT2D eigenvalue weighted by Gasteiger charge is -2.45. The number of hydrogen-bond donors (Lipinski definition) is 3. The van der Waals surface area contributed by atoms with Gasteiger partial charge >= 0.3 is 0 Å². The molecule has 142 valence electrons. The minimum absolute atomic E-state index is 0.0941. The van der Waals surface area contributed by atoms with Crippen LogP contribution in [0.3, 0.4) is 0 Å². The highest BCUT2D eigenvalue weighted by molar-refractivity contribution is 6.74. The van der Waals surface area contributed by atoms with E-state index in [4.69, 9.17) is 14.9 Å². The Labute approximate surface area is 152 Å². The van der Waals surface area contributed by atoms with Crippen molar-refractivity contribution in [3.05, 3.63) is 35.9 Å². The Balaban J connectivity index is 2.16. The highest BCUT2D eigenvalue weighted by atomic mass is 28.4. The molecule has 1 saturated heterocycles. The first kappa shape index (κ1) is 20.5. The van der Waals surface area contributed by atoms with Crippen molar-refractivity contribution in [3.8, 4) is 0 Å². The normalized spacial score (nSPS) is 31.1. The van der Waals surface area contributed by atoms with Gasteiger partial charge in [-0.2, -0.15) is 0 Å². The van der Waals surface area contributed by atoms with Gasteiger partial charge in [-0.3, -0.25) is 0 Å². The molecule has 1 heterocycles. The first-order chi connectivity index (χ1) is 11.6. The second-order valence-electron chi connectivity index (χ2n) is 8.49. The fourth-order valence-corrected chi connectivity index (χ4v) is 3.91. The Morgan fingerprint density at radius 3 is 2.32 bits per heavy atom. The van der Waals surface area contributed by atoms with Crippen molar-refractivity contribution in [1.29, 1.82) is 0 Å². The van der Waals surface area contributed by atoms with E-state index < -0.39 is 38.6 Å². The van der Waals surface area contributed by atoms with Gasteiger partial charge in [0, 0.05) is 5.92 Å². The van der Waals surface area contributed by atoms with Crippen LogP contribution in [-0.4, -0.2) is 50.0 Å². The van der Waals surface area contributed by atoms with Gasteiger partial charge in [-0.15, -0.1) is 0 Å². The quantitative estimate of drug-likeness (QED) is 0.696. The molecule has 0 amide bonds. The highest BCUT2D eigenvalue weighted by Crippen LogP contribution is 2.39. The van der Waals surface area contributed by atoms with Crippen LogP contribution in [0.2, 0.25) is 18.1 Å². The summed E-state index contributed by atoms with van der Waals surface area (Å²) >= 11 is 0. The highest BCUT2D eigenvalue weighted by Gasteiger charge is 2.45. The summed E-state index contributed by atoms with van der Waals surface area (Å²) in [6.45, 7) is 11.1. The van der Waals surface area contributed by atoms with Gasteiger partial charge in [0.2, 0.25) is 0 Å². The number of aliphatic hydroxyl groups is 2. The molecule has 2 rings (SSSR count). The number of rotatable bonds is 5. The van der Waals surface area contributed by atoms with Crippen LogP contribution < -0.4 is 5.73 Å². The molecule has 1 aromatic rings. The van der Waals surface area contributed by atoms with Crippen molar-refractivity contribution in [3.63, 3.8) is 0 Å². The minimum atomic E-state index is -1.93. The Morgan fingerprint density at radius 1 is 1.20 bits per heavy atom. The molecule has 4 N–H and O–H groups in total. The summed E-state index contributed by atoms with van der Waals surface area (Å²) in [5, 5.41) is 20.5. The first-order valence-corrected chi connectivity index (χ1v) is 11.9. The molecule has 1 fully saturated rings. The smallest absolute Gasteiger partial charge is 0.192 e. The van der Waals surface area contributed by atoms with Crippen LogP contribution >= 0.6 is 0 Å². The molecule has 0 aromatic heterocycles. The van der Waals surface area contributed by atoms with Gasteiger partial charge in [-0.1, -0.05) is 51.1 Å². The maximum Gasteiger partial charge on any atom is 0.192 e. The molecule has 0 saturated carbocycles. The Hall–Kier alpha value is -0.763. The Morgan fingerprint density at radius 2 is 1.80 bits per heavy atom. The zero-order chi connectivity index (χ0) is 18.8. The third-order valence-electron chi connectivity index (χ3n) is 5.73. The summed E-state index contributed by atoms with van der Waals surface area (Å²) in [7, 11) is -1.93. The largest absolute Gasteiger partial charge is 0.414 e. The van der Waals surface area contributed by atoms with Crippen LogP contribution in [0.25, 0.3) is 0 Å². The maximum atomic E-state index is 10.6. The predicted molar refractivity (Wildman–Crippen MR) is 102 cm³/mol. The molecule has 5 nitrogen and oxygen atoms in total. The van der Waals surface area contributed by atoms with E-state index in [9.17, 15) is 10.2 Å². The zero-order valence-electron chi connectivity index (χ0n) is 16.0. The van der Waals surface area contributed by atoms with Gasteiger partial charge in [0.15, 0.2) is 8.32 Å². The molecule has 1 aliphatic heterocycles. The van der Waals surface area contributed by atoms with E-state index in [0.29, 0.717) is 6.61 Å². The van der Waals surface area contributed by atoms with Gasteiger partial charge < -0.3 is 25.1 Å².